The Balaban J connectivity index is 2.27. The number of nitrogens with one attached hydrogen (secondary N) is 1. The molecule has 0 saturated heterocycles. The summed E-state index contributed by atoms with van der Waals surface area (Å²) in [6.07, 6.45) is 2.54. The Hall–Kier alpha value is -1.20. The van der Waals surface area contributed by atoms with Gasteiger partial charge in [0, 0.05) is 17.8 Å². The van der Waals surface area contributed by atoms with E-state index in [0.29, 0.717) is 11.5 Å². The Labute approximate surface area is 72.9 Å². The lowest BCUT2D eigenvalue weighted by atomic mass is 10.3. The fraction of sp³-hybridized carbons (Fsp3) is 0.143. The van der Waals surface area contributed by atoms with E-state index in [1.54, 1.807) is 23.3 Å². The lowest BCUT2D eigenvalue weighted by molar-refractivity contribution is 0.207. The quantitative estimate of drug-likeness (QED) is 0.725. The number of rotatable bonds is 2. The maximum atomic E-state index is 9.62. The molecule has 5 heteroatoms. The number of imidazole rings is 1. The molecule has 0 bridgehead atoms. The largest absolute Gasteiger partial charge is 0.379 e. The topological polar surface area (TPSA) is 61.8 Å². The standard InChI is InChI=1S/C7H7N3OS/c11-6(5-3-12-4-10-5)7-8-1-2-9-7/h1-4,6,11H,(H,8,9). The number of aliphatic hydroxyl groups is 1. The molecular weight excluding hydrogens is 174 g/mol. The second kappa shape index (κ2) is 3.04. The zero-order valence-electron chi connectivity index (χ0n) is 6.14. The van der Waals surface area contributed by atoms with E-state index in [1.165, 1.54) is 11.3 Å². The lowest BCUT2D eigenvalue weighted by Gasteiger charge is -2.02. The number of H-pyrrole nitrogens is 1. The third-order valence-electron chi connectivity index (χ3n) is 1.51. The van der Waals surface area contributed by atoms with Crippen LogP contribution in [0.5, 0.6) is 0 Å². The number of aromatic nitrogens is 3. The van der Waals surface area contributed by atoms with Crippen LogP contribution in [0, 0.1) is 0 Å². The minimum Gasteiger partial charge on any atom is -0.379 e. The summed E-state index contributed by atoms with van der Waals surface area (Å²) < 4.78 is 0. The fourth-order valence-corrected chi connectivity index (χ4v) is 1.50. The molecule has 1 unspecified atom stereocenters. The molecule has 1 atom stereocenters. The van der Waals surface area contributed by atoms with E-state index in [2.05, 4.69) is 15.0 Å². The van der Waals surface area contributed by atoms with E-state index in [-0.39, 0.29) is 0 Å². The number of aromatic amines is 1. The molecule has 2 aromatic rings. The molecule has 0 radical (unpaired) electrons. The highest BCUT2D eigenvalue weighted by molar-refractivity contribution is 7.07. The van der Waals surface area contributed by atoms with Gasteiger partial charge in [-0.3, -0.25) is 0 Å². The van der Waals surface area contributed by atoms with Gasteiger partial charge in [0.1, 0.15) is 5.82 Å². The molecule has 0 amide bonds. The van der Waals surface area contributed by atoms with Crippen molar-refractivity contribution < 1.29 is 5.11 Å². The van der Waals surface area contributed by atoms with E-state index < -0.39 is 6.10 Å². The first-order chi connectivity index (χ1) is 5.88. The van der Waals surface area contributed by atoms with Crippen molar-refractivity contribution in [3.63, 3.8) is 0 Å². The average Bonchev–Trinajstić information content (AvgIpc) is 2.77. The Morgan fingerprint density at radius 3 is 3.00 bits per heavy atom. The Morgan fingerprint density at radius 2 is 2.42 bits per heavy atom. The van der Waals surface area contributed by atoms with Crippen LogP contribution in [0.3, 0.4) is 0 Å². The van der Waals surface area contributed by atoms with Crippen molar-refractivity contribution in [1.82, 2.24) is 15.0 Å². The zero-order chi connectivity index (χ0) is 8.39. The second-order valence-corrected chi connectivity index (χ2v) is 3.01. The molecule has 0 fully saturated rings. The summed E-state index contributed by atoms with van der Waals surface area (Å²) in [5.74, 6) is 0.529. The third-order valence-corrected chi connectivity index (χ3v) is 2.11. The summed E-state index contributed by atoms with van der Waals surface area (Å²) in [5.41, 5.74) is 2.32. The van der Waals surface area contributed by atoms with Crippen molar-refractivity contribution in [3.05, 3.63) is 34.8 Å². The maximum Gasteiger partial charge on any atom is 0.154 e. The van der Waals surface area contributed by atoms with Gasteiger partial charge in [-0.05, 0) is 0 Å². The molecule has 4 nitrogen and oxygen atoms in total. The zero-order valence-corrected chi connectivity index (χ0v) is 6.95. The van der Waals surface area contributed by atoms with Gasteiger partial charge in [0.2, 0.25) is 0 Å². The van der Waals surface area contributed by atoms with Crippen molar-refractivity contribution in [2.75, 3.05) is 0 Å². The van der Waals surface area contributed by atoms with Crippen LogP contribution < -0.4 is 0 Å². The highest BCUT2D eigenvalue weighted by Gasteiger charge is 2.13. The number of hydrogen-bond donors (Lipinski definition) is 2. The highest BCUT2D eigenvalue weighted by Crippen LogP contribution is 2.17. The predicted octanol–water partition coefficient (Wildman–Crippen LogP) is 0.948. The molecule has 0 spiro atoms. The van der Waals surface area contributed by atoms with Crippen LogP contribution in [0.1, 0.15) is 17.6 Å². The van der Waals surface area contributed by atoms with Gasteiger partial charge in [-0.25, -0.2) is 9.97 Å². The van der Waals surface area contributed by atoms with Crippen LogP contribution in [0.2, 0.25) is 0 Å². The monoisotopic (exact) mass is 181 g/mol. The molecule has 2 heterocycles. The van der Waals surface area contributed by atoms with E-state index in [9.17, 15) is 5.11 Å². The number of hydrogen-bond acceptors (Lipinski definition) is 4. The van der Waals surface area contributed by atoms with Gasteiger partial charge in [-0.2, -0.15) is 0 Å². The Bertz CT molecular complexity index is 295. The summed E-state index contributed by atoms with van der Waals surface area (Å²) in [4.78, 5) is 10.7. The van der Waals surface area contributed by atoms with Gasteiger partial charge in [-0.15, -0.1) is 11.3 Å². The van der Waals surface area contributed by atoms with Gasteiger partial charge in [-0.1, -0.05) is 0 Å². The summed E-state index contributed by atoms with van der Waals surface area (Å²) in [6, 6.07) is 0. The molecular formula is C7H7N3OS. The van der Waals surface area contributed by atoms with Crippen molar-refractivity contribution in [2.24, 2.45) is 0 Å². The van der Waals surface area contributed by atoms with Gasteiger partial charge in [0.05, 0.1) is 11.2 Å². The number of nitrogens with zero attached hydrogens (tertiary/aromatic N) is 2. The normalized spacial score (nSPS) is 13.1. The van der Waals surface area contributed by atoms with E-state index in [4.69, 9.17) is 0 Å². The minimum absolute atomic E-state index is 0.529. The SMILES string of the molecule is OC(c1cscn1)c1ncc[nH]1. The molecule has 0 aromatic carbocycles. The fourth-order valence-electron chi connectivity index (χ4n) is 0.924. The van der Waals surface area contributed by atoms with Crippen molar-refractivity contribution >= 4 is 11.3 Å². The second-order valence-electron chi connectivity index (χ2n) is 2.29. The molecule has 0 aliphatic carbocycles. The summed E-state index contributed by atoms with van der Waals surface area (Å²) in [5, 5.41) is 11.4. The maximum absolute atomic E-state index is 9.62. The van der Waals surface area contributed by atoms with Gasteiger partial charge in [0.25, 0.3) is 0 Å². The van der Waals surface area contributed by atoms with Crippen LogP contribution in [0.25, 0.3) is 0 Å². The van der Waals surface area contributed by atoms with Crippen molar-refractivity contribution in [3.8, 4) is 0 Å². The molecule has 2 aromatic heterocycles. The van der Waals surface area contributed by atoms with Gasteiger partial charge < -0.3 is 10.1 Å². The average molecular weight is 181 g/mol. The van der Waals surface area contributed by atoms with Crippen LogP contribution >= 0.6 is 11.3 Å². The molecule has 62 valence electrons. The van der Waals surface area contributed by atoms with Gasteiger partial charge in [0.15, 0.2) is 6.10 Å². The predicted molar refractivity (Wildman–Crippen MR) is 44.8 cm³/mol. The van der Waals surface area contributed by atoms with E-state index in [0.717, 1.165) is 0 Å². The van der Waals surface area contributed by atoms with Crippen molar-refractivity contribution in [2.45, 2.75) is 6.10 Å². The molecule has 0 saturated carbocycles. The number of thiazole rings is 1. The Kier molecular flexibility index (Phi) is 1.89. The Morgan fingerprint density at radius 1 is 1.50 bits per heavy atom. The molecule has 0 aliphatic heterocycles. The lowest BCUT2D eigenvalue weighted by Crippen LogP contribution is -2.01. The summed E-state index contributed by atoms with van der Waals surface area (Å²) in [7, 11) is 0. The van der Waals surface area contributed by atoms with E-state index in [1.807, 2.05) is 0 Å². The molecule has 0 aliphatic rings. The summed E-state index contributed by atoms with van der Waals surface area (Å²) >= 11 is 1.45. The van der Waals surface area contributed by atoms with E-state index >= 15 is 0 Å². The van der Waals surface area contributed by atoms with Crippen LogP contribution in [-0.2, 0) is 0 Å². The molecule has 12 heavy (non-hydrogen) atoms. The highest BCUT2D eigenvalue weighted by atomic mass is 32.1. The smallest absolute Gasteiger partial charge is 0.154 e. The number of aliphatic hydroxyl groups excluding tert-OH is 1. The molecule has 2 N–H and O–H groups in total. The molecule has 2 rings (SSSR count). The van der Waals surface area contributed by atoms with Crippen LogP contribution in [0.15, 0.2) is 23.3 Å². The first kappa shape index (κ1) is 7.45. The third kappa shape index (κ3) is 1.24. The minimum atomic E-state index is -0.730. The first-order valence-electron chi connectivity index (χ1n) is 3.43. The van der Waals surface area contributed by atoms with Crippen LogP contribution in [0.4, 0.5) is 0 Å². The van der Waals surface area contributed by atoms with Crippen LogP contribution in [-0.4, -0.2) is 20.1 Å². The first-order valence-corrected chi connectivity index (χ1v) is 4.37. The van der Waals surface area contributed by atoms with Gasteiger partial charge >= 0.3 is 0 Å². The van der Waals surface area contributed by atoms with Crippen molar-refractivity contribution in [1.29, 1.82) is 0 Å². The summed E-state index contributed by atoms with van der Waals surface area (Å²) in [6.45, 7) is 0.